The summed E-state index contributed by atoms with van der Waals surface area (Å²) in [5, 5.41) is 0. The molecule has 2 aromatic heterocycles. The average Bonchev–Trinajstić information content (AvgIpc) is 2.77. The number of pyridine rings is 1. The van der Waals surface area contributed by atoms with Crippen molar-refractivity contribution >= 4 is 5.91 Å². The molecule has 30 heavy (non-hydrogen) atoms. The van der Waals surface area contributed by atoms with E-state index in [0.717, 1.165) is 23.7 Å². The Morgan fingerprint density at radius 2 is 1.90 bits per heavy atom. The van der Waals surface area contributed by atoms with E-state index in [1.165, 1.54) is 12.1 Å². The maximum atomic E-state index is 13.4. The molecule has 0 aliphatic heterocycles. The molecular weight excluding hydrogens is 383 g/mol. The molecule has 0 aliphatic carbocycles. The highest BCUT2D eigenvalue weighted by Gasteiger charge is 2.20. The number of amides is 1. The molecule has 0 radical (unpaired) electrons. The van der Waals surface area contributed by atoms with E-state index >= 15 is 0 Å². The van der Waals surface area contributed by atoms with Crippen LogP contribution in [0.3, 0.4) is 0 Å². The van der Waals surface area contributed by atoms with E-state index in [2.05, 4.69) is 15.0 Å². The van der Waals surface area contributed by atoms with Gasteiger partial charge in [0.2, 0.25) is 5.88 Å². The van der Waals surface area contributed by atoms with Crippen molar-refractivity contribution in [1.82, 2.24) is 19.9 Å². The molecule has 6 nitrogen and oxygen atoms in total. The number of nitrogens with zero attached hydrogens (tertiary/aromatic N) is 4. The summed E-state index contributed by atoms with van der Waals surface area (Å²) in [5.74, 6) is 0.441. The van der Waals surface area contributed by atoms with Gasteiger partial charge in [0.05, 0.1) is 18.4 Å². The van der Waals surface area contributed by atoms with E-state index in [1.54, 1.807) is 18.5 Å². The molecule has 0 unspecified atom stereocenters. The largest absolute Gasteiger partial charge is 0.478 e. The predicted octanol–water partition coefficient (Wildman–Crippen LogP) is 4.31. The monoisotopic (exact) mass is 408 g/mol. The first-order valence-corrected chi connectivity index (χ1v) is 10.00. The van der Waals surface area contributed by atoms with Gasteiger partial charge in [0.1, 0.15) is 5.82 Å². The van der Waals surface area contributed by atoms with Crippen LogP contribution in [0.2, 0.25) is 0 Å². The second-order valence-corrected chi connectivity index (χ2v) is 6.93. The summed E-state index contributed by atoms with van der Waals surface area (Å²) in [6.07, 6.45) is 5.93. The Morgan fingerprint density at radius 3 is 2.60 bits per heavy atom. The summed E-state index contributed by atoms with van der Waals surface area (Å²) < 4.78 is 18.5. The molecule has 2 heterocycles. The number of hydrogen-bond acceptors (Lipinski definition) is 5. The standard InChI is InChI=1S/C23H25FN4O2/c1-3-12-28(13-5-14-30-21-9-7-18(24)16-27-21)23(29)20-15-17(2)6-8-19(20)22-25-10-4-11-26-22/h4,6-11,15-16H,3,5,12-14H2,1-2H3. The molecular formula is C23H25FN4O2. The van der Waals surface area contributed by atoms with Crippen molar-refractivity contribution < 1.29 is 13.9 Å². The van der Waals surface area contributed by atoms with Crippen molar-refractivity contribution in [2.45, 2.75) is 26.7 Å². The van der Waals surface area contributed by atoms with Gasteiger partial charge in [0.25, 0.3) is 5.91 Å². The van der Waals surface area contributed by atoms with Crippen molar-refractivity contribution in [2.24, 2.45) is 0 Å². The first-order chi connectivity index (χ1) is 14.6. The number of rotatable bonds is 9. The fraction of sp³-hybridized carbons (Fsp3) is 0.304. The van der Waals surface area contributed by atoms with E-state index in [1.807, 2.05) is 36.9 Å². The highest BCUT2D eigenvalue weighted by Crippen LogP contribution is 2.23. The number of aromatic nitrogens is 3. The highest BCUT2D eigenvalue weighted by atomic mass is 19.1. The van der Waals surface area contributed by atoms with Crippen LogP contribution in [-0.2, 0) is 0 Å². The Kier molecular flexibility index (Phi) is 7.43. The van der Waals surface area contributed by atoms with Gasteiger partial charge in [-0.1, -0.05) is 24.6 Å². The number of carbonyl (C=O) groups is 1. The zero-order valence-electron chi connectivity index (χ0n) is 17.2. The summed E-state index contributed by atoms with van der Waals surface area (Å²) in [7, 11) is 0. The lowest BCUT2D eigenvalue weighted by atomic mass is 10.0. The summed E-state index contributed by atoms with van der Waals surface area (Å²) in [4.78, 5) is 27.7. The topological polar surface area (TPSA) is 68.2 Å². The molecule has 156 valence electrons. The fourth-order valence-corrected chi connectivity index (χ4v) is 3.10. The number of benzene rings is 1. The van der Waals surface area contributed by atoms with Gasteiger partial charge in [0, 0.05) is 37.1 Å². The molecule has 0 N–H and O–H groups in total. The minimum atomic E-state index is -0.404. The molecule has 0 saturated heterocycles. The van der Waals surface area contributed by atoms with E-state index in [9.17, 15) is 9.18 Å². The maximum absolute atomic E-state index is 13.4. The molecule has 0 saturated carbocycles. The van der Waals surface area contributed by atoms with Crippen molar-refractivity contribution in [3.05, 3.63) is 71.9 Å². The second-order valence-electron chi connectivity index (χ2n) is 6.93. The zero-order valence-corrected chi connectivity index (χ0v) is 17.2. The normalized spacial score (nSPS) is 10.6. The van der Waals surface area contributed by atoms with Crippen LogP contribution in [0.5, 0.6) is 5.88 Å². The lowest BCUT2D eigenvalue weighted by Crippen LogP contribution is -2.34. The van der Waals surface area contributed by atoms with Gasteiger partial charge >= 0.3 is 0 Å². The van der Waals surface area contributed by atoms with Crippen molar-refractivity contribution in [2.75, 3.05) is 19.7 Å². The van der Waals surface area contributed by atoms with Gasteiger partial charge in [-0.15, -0.1) is 0 Å². The molecule has 0 bridgehead atoms. The van der Waals surface area contributed by atoms with E-state index in [0.29, 0.717) is 43.4 Å². The molecule has 1 amide bonds. The smallest absolute Gasteiger partial charge is 0.254 e. The van der Waals surface area contributed by atoms with Crippen LogP contribution in [0.4, 0.5) is 4.39 Å². The average molecular weight is 408 g/mol. The lowest BCUT2D eigenvalue weighted by molar-refractivity contribution is 0.0747. The minimum Gasteiger partial charge on any atom is -0.478 e. The fourth-order valence-electron chi connectivity index (χ4n) is 3.10. The van der Waals surface area contributed by atoms with Gasteiger partial charge in [0.15, 0.2) is 5.82 Å². The lowest BCUT2D eigenvalue weighted by Gasteiger charge is -2.23. The summed E-state index contributed by atoms with van der Waals surface area (Å²) >= 11 is 0. The van der Waals surface area contributed by atoms with Crippen LogP contribution in [0.25, 0.3) is 11.4 Å². The van der Waals surface area contributed by atoms with Crippen LogP contribution in [-0.4, -0.2) is 45.5 Å². The van der Waals surface area contributed by atoms with Gasteiger partial charge < -0.3 is 9.64 Å². The van der Waals surface area contributed by atoms with Gasteiger partial charge in [-0.3, -0.25) is 4.79 Å². The summed E-state index contributed by atoms with van der Waals surface area (Å²) in [5.41, 5.74) is 2.31. The molecule has 7 heteroatoms. The van der Waals surface area contributed by atoms with Crippen LogP contribution < -0.4 is 4.74 Å². The van der Waals surface area contributed by atoms with E-state index in [-0.39, 0.29) is 5.91 Å². The third-order valence-electron chi connectivity index (χ3n) is 4.52. The van der Waals surface area contributed by atoms with Gasteiger partial charge in [-0.25, -0.2) is 19.3 Å². The van der Waals surface area contributed by atoms with E-state index in [4.69, 9.17) is 4.74 Å². The Bertz CT molecular complexity index is 965. The van der Waals surface area contributed by atoms with Crippen molar-refractivity contribution in [3.63, 3.8) is 0 Å². The van der Waals surface area contributed by atoms with Gasteiger partial charge in [-0.05, 0) is 38.0 Å². The Balaban J connectivity index is 1.70. The van der Waals surface area contributed by atoms with Gasteiger partial charge in [-0.2, -0.15) is 0 Å². The van der Waals surface area contributed by atoms with Crippen LogP contribution in [0.1, 0.15) is 35.7 Å². The van der Waals surface area contributed by atoms with Crippen molar-refractivity contribution in [1.29, 1.82) is 0 Å². The third kappa shape index (κ3) is 5.59. The Morgan fingerprint density at radius 1 is 1.10 bits per heavy atom. The number of aryl methyl sites for hydroxylation is 1. The Labute approximate surface area is 175 Å². The van der Waals surface area contributed by atoms with Crippen LogP contribution >= 0.6 is 0 Å². The molecule has 1 aromatic carbocycles. The minimum absolute atomic E-state index is 0.0529. The molecule has 0 spiro atoms. The number of hydrogen-bond donors (Lipinski definition) is 0. The third-order valence-corrected chi connectivity index (χ3v) is 4.52. The zero-order chi connectivity index (χ0) is 21.3. The van der Waals surface area contributed by atoms with Crippen molar-refractivity contribution in [3.8, 4) is 17.3 Å². The molecule has 3 aromatic rings. The van der Waals surface area contributed by atoms with Crippen LogP contribution in [0, 0.1) is 12.7 Å². The van der Waals surface area contributed by atoms with E-state index < -0.39 is 5.82 Å². The first-order valence-electron chi connectivity index (χ1n) is 10.00. The highest BCUT2D eigenvalue weighted by molar-refractivity contribution is 6.00. The Hall–Kier alpha value is -3.35. The molecule has 0 atom stereocenters. The molecule has 0 aliphatic rings. The summed E-state index contributed by atoms with van der Waals surface area (Å²) in [6.45, 7) is 5.55. The first kappa shape index (κ1) is 21.4. The summed E-state index contributed by atoms with van der Waals surface area (Å²) in [6, 6.07) is 10.3. The number of carbonyl (C=O) groups excluding carboxylic acids is 1. The molecule has 0 fully saturated rings. The number of halogens is 1. The molecule has 3 rings (SSSR count). The quantitative estimate of drug-likeness (QED) is 0.494. The number of ether oxygens (including phenoxy) is 1. The van der Waals surface area contributed by atoms with Crippen LogP contribution in [0.15, 0.2) is 55.0 Å². The predicted molar refractivity (Wildman–Crippen MR) is 113 cm³/mol. The SMILES string of the molecule is CCCN(CCCOc1ccc(F)cn1)C(=O)c1cc(C)ccc1-c1ncccn1. The maximum Gasteiger partial charge on any atom is 0.254 e. The second kappa shape index (κ2) is 10.4.